The highest BCUT2D eigenvalue weighted by Gasteiger charge is 2.46. The molecule has 4 atom stereocenters. The fraction of sp³-hybridized carbons (Fsp3) is 0.667. The summed E-state index contributed by atoms with van der Waals surface area (Å²) in [6.45, 7) is 3.14. The van der Waals surface area contributed by atoms with Crippen LogP contribution in [0.25, 0.3) is 0 Å². The van der Waals surface area contributed by atoms with E-state index >= 15 is 0 Å². The number of nitrogens with zero attached hydrogens (tertiary/aromatic N) is 3. The van der Waals surface area contributed by atoms with Crippen molar-refractivity contribution in [3.63, 3.8) is 0 Å². The second kappa shape index (κ2) is 6.94. The van der Waals surface area contributed by atoms with Gasteiger partial charge in [-0.05, 0) is 43.2 Å². The summed E-state index contributed by atoms with van der Waals surface area (Å²) >= 11 is 0. The summed E-state index contributed by atoms with van der Waals surface area (Å²) in [5.41, 5.74) is 0. The minimum absolute atomic E-state index is 0.0241. The number of amides is 3. The van der Waals surface area contributed by atoms with E-state index in [2.05, 4.69) is 4.90 Å². The lowest BCUT2D eigenvalue weighted by atomic mass is 9.75. The van der Waals surface area contributed by atoms with Gasteiger partial charge in [0.25, 0.3) is 0 Å². The third-order valence-electron chi connectivity index (χ3n) is 6.98. The van der Waals surface area contributed by atoms with Crippen LogP contribution in [0.5, 0.6) is 0 Å². The summed E-state index contributed by atoms with van der Waals surface area (Å²) in [7, 11) is 0. The Kier molecular flexibility index (Phi) is 4.40. The topological polar surface area (TPSA) is 74.1 Å². The molecule has 7 nitrogen and oxygen atoms in total. The average molecular weight is 385 g/mol. The molecule has 0 saturated carbocycles. The van der Waals surface area contributed by atoms with Crippen molar-refractivity contribution in [3.05, 3.63) is 24.2 Å². The van der Waals surface area contributed by atoms with Crippen LogP contribution < -0.4 is 0 Å². The van der Waals surface area contributed by atoms with Crippen molar-refractivity contribution in [3.8, 4) is 0 Å². The van der Waals surface area contributed by atoms with Crippen LogP contribution in [-0.2, 0) is 20.9 Å². The molecule has 0 spiro atoms. The summed E-state index contributed by atoms with van der Waals surface area (Å²) in [4.78, 5) is 43.7. The number of likely N-dealkylation sites (tertiary alicyclic amines) is 2. The molecule has 5 heterocycles. The number of carbonyl (C=O) groups is 3. The highest BCUT2D eigenvalue weighted by Crippen LogP contribution is 2.38. The van der Waals surface area contributed by atoms with Crippen LogP contribution in [0.15, 0.2) is 22.8 Å². The van der Waals surface area contributed by atoms with Gasteiger partial charge < -0.3 is 19.1 Å². The summed E-state index contributed by atoms with van der Waals surface area (Å²) in [6.07, 6.45) is 5.71. The maximum Gasteiger partial charge on any atom is 0.228 e. The van der Waals surface area contributed by atoms with Crippen LogP contribution in [0.3, 0.4) is 0 Å². The van der Waals surface area contributed by atoms with Crippen molar-refractivity contribution in [1.82, 2.24) is 14.7 Å². The number of hydrogen-bond donors (Lipinski definition) is 0. The lowest BCUT2D eigenvalue weighted by molar-refractivity contribution is -0.150. The molecule has 2 bridgehead atoms. The smallest absolute Gasteiger partial charge is 0.228 e. The average Bonchev–Trinajstić information content (AvgIpc) is 3.32. The van der Waals surface area contributed by atoms with Gasteiger partial charge in [-0.2, -0.15) is 0 Å². The Bertz CT molecular complexity index is 777. The molecule has 3 amide bonds. The van der Waals surface area contributed by atoms with E-state index in [1.54, 1.807) is 11.2 Å². The van der Waals surface area contributed by atoms with Crippen molar-refractivity contribution >= 4 is 17.7 Å². The normalized spacial score (nSPS) is 32.6. The third kappa shape index (κ3) is 3.10. The van der Waals surface area contributed by atoms with E-state index in [-0.39, 0.29) is 17.7 Å². The lowest BCUT2D eigenvalue weighted by Crippen LogP contribution is -2.61. The van der Waals surface area contributed by atoms with E-state index in [9.17, 15) is 14.4 Å². The van der Waals surface area contributed by atoms with Crippen LogP contribution in [0.4, 0.5) is 0 Å². The van der Waals surface area contributed by atoms with Gasteiger partial charge in [0, 0.05) is 45.1 Å². The van der Waals surface area contributed by atoms with Gasteiger partial charge in [0.15, 0.2) is 0 Å². The predicted molar refractivity (Wildman–Crippen MR) is 99.8 cm³/mol. The van der Waals surface area contributed by atoms with E-state index in [0.717, 1.165) is 38.1 Å². The fourth-order valence-electron chi connectivity index (χ4n) is 5.73. The molecule has 0 aliphatic carbocycles. The molecular formula is C21H27N3O4. The minimum atomic E-state index is -0.259. The number of rotatable bonds is 3. The highest BCUT2D eigenvalue weighted by atomic mass is 16.3. The molecule has 1 aromatic rings. The van der Waals surface area contributed by atoms with E-state index < -0.39 is 0 Å². The van der Waals surface area contributed by atoms with Crippen LogP contribution >= 0.6 is 0 Å². The Morgan fingerprint density at radius 1 is 1.14 bits per heavy atom. The Morgan fingerprint density at radius 3 is 2.86 bits per heavy atom. The zero-order valence-electron chi connectivity index (χ0n) is 16.1. The molecule has 150 valence electrons. The number of carbonyl (C=O) groups excluding carboxylic acids is 3. The molecule has 0 aromatic carbocycles. The van der Waals surface area contributed by atoms with E-state index in [0.29, 0.717) is 56.3 Å². The molecule has 0 radical (unpaired) electrons. The summed E-state index contributed by atoms with van der Waals surface area (Å²) in [5.74, 6) is 1.67. The Morgan fingerprint density at radius 2 is 2.04 bits per heavy atom. The molecule has 0 N–H and O–H groups in total. The van der Waals surface area contributed by atoms with Crippen LogP contribution in [0.2, 0.25) is 0 Å². The molecule has 0 unspecified atom stereocenters. The van der Waals surface area contributed by atoms with Gasteiger partial charge in [-0.1, -0.05) is 0 Å². The highest BCUT2D eigenvalue weighted by molar-refractivity contribution is 5.89. The Labute approximate surface area is 164 Å². The van der Waals surface area contributed by atoms with Crippen molar-refractivity contribution in [1.29, 1.82) is 0 Å². The molecule has 4 aliphatic heterocycles. The first-order valence-electron chi connectivity index (χ1n) is 10.5. The quantitative estimate of drug-likeness (QED) is 0.790. The Hall–Kier alpha value is -2.31. The maximum atomic E-state index is 13.2. The van der Waals surface area contributed by atoms with Gasteiger partial charge in [0.1, 0.15) is 5.76 Å². The zero-order valence-corrected chi connectivity index (χ0v) is 16.1. The number of piperidine rings is 3. The van der Waals surface area contributed by atoms with Gasteiger partial charge in [-0.3, -0.25) is 14.4 Å². The standard InChI is InChI=1S/C21H27N3O4/c25-19-5-1-4-18-15-7-14(10-24(18)19)9-23(11-15)21(27)16-8-20(26)22(12-16)13-17-3-2-6-28-17/h2-3,6,14-16,18H,1,4-5,7-13H2/t14-,15+,16-,18-/m1/s1. The molecule has 4 aliphatic rings. The second-order valence-electron chi connectivity index (χ2n) is 8.87. The maximum absolute atomic E-state index is 13.2. The first-order chi connectivity index (χ1) is 13.6. The van der Waals surface area contributed by atoms with Crippen molar-refractivity contribution in [2.45, 2.75) is 44.7 Å². The van der Waals surface area contributed by atoms with Crippen LogP contribution in [-0.4, -0.2) is 64.6 Å². The SMILES string of the molecule is O=C1C[C@@H](C(=O)N2C[C@H]3C[C@@H](C2)[C@H]2CCCC(=O)N2C3)CN1Cc1ccco1. The van der Waals surface area contributed by atoms with Crippen molar-refractivity contribution in [2.24, 2.45) is 17.8 Å². The number of furan rings is 1. The molecule has 7 heteroatoms. The predicted octanol–water partition coefficient (Wildman–Crippen LogP) is 1.49. The third-order valence-corrected chi connectivity index (χ3v) is 6.98. The van der Waals surface area contributed by atoms with E-state index in [4.69, 9.17) is 4.42 Å². The second-order valence-corrected chi connectivity index (χ2v) is 8.87. The number of fused-ring (bicyclic) bond motifs is 4. The van der Waals surface area contributed by atoms with Gasteiger partial charge >= 0.3 is 0 Å². The lowest BCUT2D eigenvalue weighted by Gasteiger charge is -2.52. The van der Waals surface area contributed by atoms with Crippen molar-refractivity contribution < 1.29 is 18.8 Å². The first-order valence-corrected chi connectivity index (χ1v) is 10.5. The minimum Gasteiger partial charge on any atom is -0.467 e. The van der Waals surface area contributed by atoms with Gasteiger partial charge in [-0.25, -0.2) is 0 Å². The fourth-order valence-corrected chi connectivity index (χ4v) is 5.73. The summed E-state index contributed by atoms with van der Waals surface area (Å²) in [6, 6.07) is 3.96. The van der Waals surface area contributed by atoms with Gasteiger partial charge in [-0.15, -0.1) is 0 Å². The number of hydrogen-bond acceptors (Lipinski definition) is 4. The molecule has 1 aromatic heterocycles. The molecule has 4 saturated heterocycles. The van der Waals surface area contributed by atoms with E-state index in [1.807, 2.05) is 17.0 Å². The monoisotopic (exact) mass is 385 g/mol. The van der Waals surface area contributed by atoms with Gasteiger partial charge in [0.05, 0.1) is 18.7 Å². The molecule has 5 rings (SSSR count). The zero-order chi connectivity index (χ0) is 19.3. The molecule has 28 heavy (non-hydrogen) atoms. The largest absolute Gasteiger partial charge is 0.467 e. The van der Waals surface area contributed by atoms with Crippen molar-refractivity contribution in [2.75, 3.05) is 26.2 Å². The van der Waals surface area contributed by atoms with E-state index in [1.165, 1.54) is 0 Å². The molecular weight excluding hydrogens is 358 g/mol. The van der Waals surface area contributed by atoms with Gasteiger partial charge in [0.2, 0.25) is 17.7 Å². The summed E-state index contributed by atoms with van der Waals surface area (Å²) < 4.78 is 5.34. The van der Waals surface area contributed by atoms with Crippen LogP contribution in [0.1, 0.15) is 37.9 Å². The Balaban J connectivity index is 1.24. The summed E-state index contributed by atoms with van der Waals surface area (Å²) in [5, 5.41) is 0. The molecule has 4 fully saturated rings. The van der Waals surface area contributed by atoms with Crippen LogP contribution in [0, 0.1) is 17.8 Å². The first kappa shape index (κ1) is 17.8.